The number of urea groups is 1. The van der Waals surface area contributed by atoms with Crippen molar-refractivity contribution < 1.29 is 13.9 Å². The summed E-state index contributed by atoms with van der Waals surface area (Å²) in [6.07, 6.45) is 0. The molecule has 1 N–H and O–H groups in total. The monoisotopic (exact) mass is 226 g/mol. The second-order valence-corrected chi connectivity index (χ2v) is 3.38. The van der Waals surface area contributed by atoms with Crippen LogP contribution in [-0.4, -0.2) is 32.1 Å². The number of benzene rings is 1. The van der Waals surface area contributed by atoms with Gasteiger partial charge in [0, 0.05) is 20.6 Å². The highest BCUT2D eigenvalue weighted by atomic mass is 19.1. The summed E-state index contributed by atoms with van der Waals surface area (Å²) < 4.78 is 18.1. The fourth-order valence-corrected chi connectivity index (χ4v) is 1.34. The van der Waals surface area contributed by atoms with Crippen LogP contribution in [0, 0.1) is 5.82 Å². The zero-order chi connectivity index (χ0) is 12.1. The first-order chi connectivity index (χ1) is 7.58. The molecule has 0 bridgehead atoms. The maximum atomic E-state index is 13.3. The largest absolute Gasteiger partial charge is 0.494 e. The number of nitrogens with one attached hydrogen (secondary N) is 1. The van der Waals surface area contributed by atoms with E-state index in [-0.39, 0.29) is 11.8 Å². The molecule has 5 heteroatoms. The van der Waals surface area contributed by atoms with Crippen LogP contribution in [0.25, 0.3) is 0 Å². The summed E-state index contributed by atoms with van der Waals surface area (Å²) in [6.45, 7) is 0.348. The van der Waals surface area contributed by atoms with Gasteiger partial charge >= 0.3 is 6.03 Å². The Kier molecular flexibility index (Phi) is 4.10. The number of nitrogens with zero attached hydrogens (tertiary/aromatic N) is 1. The number of ether oxygens (including phenoxy) is 1. The summed E-state index contributed by atoms with van der Waals surface area (Å²) in [5, 5.41) is 2.49. The van der Waals surface area contributed by atoms with Crippen molar-refractivity contribution in [2.75, 3.05) is 21.2 Å². The molecule has 2 amide bonds. The Labute approximate surface area is 94.0 Å². The fraction of sp³-hybridized carbons (Fsp3) is 0.364. The Morgan fingerprint density at radius 1 is 1.56 bits per heavy atom. The highest BCUT2D eigenvalue weighted by Gasteiger charge is 2.08. The van der Waals surface area contributed by atoms with Gasteiger partial charge in [0.2, 0.25) is 0 Å². The first-order valence-corrected chi connectivity index (χ1v) is 4.83. The number of methoxy groups -OCH3 is 1. The predicted octanol–water partition coefficient (Wildman–Crippen LogP) is 1.61. The van der Waals surface area contributed by atoms with Crippen LogP contribution < -0.4 is 10.1 Å². The molecule has 0 atom stereocenters. The second-order valence-electron chi connectivity index (χ2n) is 3.38. The molecule has 88 valence electrons. The molecular weight excluding hydrogens is 211 g/mol. The van der Waals surface area contributed by atoms with Crippen molar-refractivity contribution in [3.05, 3.63) is 29.6 Å². The SMILES string of the molecule is CNC(=O)N(C)Cc1ccc(OC)c(F)c1. The van der Waals surface area contributed by atoms with Gasteiger partial charge in [-0.2, -0.15) is 0 Å². The molecule has 0 saturated carbocycles. The summed E-state index contributed by atoms with van der Waals surface area (Å²) in [5.74, 6) is -0.225. The number of hydrogen-bond donors (Lipinski definition) is 1. The van der Waals surface area contributed by atoms with Gasteiger partial charge in [-0.1, -0.05) is 6.07 Å². The van der Waals surface area contributed by atoms with Crippen LogP contribution in [0.3, 0.4) is 0 Å². The van der Waals surface area contributed by atoms with Gasteiger partial charge in [-0.05, 0) is 17.7 Å². The Morgan fingerprint density at radius 2 is 2.25 bits per heavy atom. The molecular formula is C11H15FN2O2. The first-order valence-electron chi connectivity index (χ1n) is 4.83. The van der Waals surface area contributed by atoms with Crippen molar-refractivity contribution in [1.82, 2.24) is 10.2 Å². The van der Waals surface area contributed by atoms with Crippen molar-refractivity contribution in [2.24, 2.45) is 0 Å². The number of rotatable bonds is 3. The maximum absolute atomic E-state index is 13.3. The summed E-state index contributed by atoms with van der Waals surface area (Å²) in [6, 6.07) is 4.42. The van der Waals surface area contributed by atoms with Crippen LogP contribution in [0.4, 0.5) is 9.18 Å². The van der Waals surface area contributed by atoms with E-state index >= 15 is 0 Å². The lowest BCUT2D eigenvalue weighted by molar-refractivity contribution is 0.209. The Morgan fingerprint density at radius 3 is 2.75 bits per heavy atom. The summed E-state index contributed by atoms with van der Waals surface area (Å²) in [4.78, 5) is 12.7. The van der Waals surface area contributed by atoms with Gasteiger partial charge in [0.1, 0.15) is 0 Å². The van der Waals surface area contributed by atoms with E-state index in [1.54, 1.807) is 26.2 Å². The molecule has 0 radical (unpaired) electrons. The summed E-state index contributed by atoms with van der Waals surface area (Å²) in [5.41, 5.74) is 0.712. The van der Waals surface area contributed by atoms with Crippen molar-refractivity contribution >= 4 is 6.03 Å². The molecule has 1 aromatic rings. The molecule has 0 aliphatic heterocycles. The average molecular weight is 226 g/mol. The smallest absolute Gasteiger partial charge is 0.317 e. The van der Waals surface area contributed by atoms with E-state index in [4.69, 9.17) is 4.74 Å². The molecule has 0 aromatic heterocycles. The van der Waals surface area contributed by atoms with Gasteiger partial charge in [-0.3, -0.25) is 0 Å². The fourth-order valence-electron chi connectivity index (χ4n) is 1.34. The molecule has 0 fully saturated rings. The van der Waals surface area contributed by atoms with E-state index in [0.29, 0.717) is 12.1 Å². The minimum atomic E-state index is -0.426. The van der Waals surface area contributed by atoms with Crippen molar-refractivity contribution in [1.29, 1.82) is 0 Å². The summed E-state index contributed by atoms with van der Waals surface area (Å²) in [7, 11) is 4.60. The minimum Gasteiger partial charge on any atom is -0.494 e. The van der Waals surface area contributed by atoms with Crippen molar-refractivity contribution in [2.45, 2.75) is 6.54 Å². The maximum Gasteiger partial charge on any atom is 0.317 e. The highest BCUT2D eigenvalue weighted by molar-refractivity contribution is 5.73. The Balaban J connectivity index is 2.75. The molecule has 0 unspecified atom stereocenters. The van der Waals surface area contributed by atoms with Gasteiger partial charge in [0.05, 0.1) is 7.11 Å². The molecule has 16 heavy (non-hydrogen) atoms. The quantitative estimate of drug-likeness (QED) is 0.850. The van der Waals surface area contributed by atoms with Crippen LogP contribution >= 0.6 is 0 Å². The molecule has 0 saturated heterocycles. The highest BCUT2D eigenvalue weighted by Crippen LogP contribution is 2.18. The van der Waals surface area contributed by atoms with Crippen molar-refractivity contribution in [3.63, 3.8) is 0 Å². The van der Waals surface area contributed by atoms with Crippen LogP contribution in [0.2, 0.25) is 0 Å². The molecule has 1 rings (SSSR count). The third-order valence-electron chi connectivity index (χ3n) is 2.20. The number of amides is 2. The number of halogens is 1. The Bertz CT molecular complexity index is 382. The predicted molar refractivity (Wildman–Crippen MR) is 58.9 cm³/mol. The van der Waals surface area contributed by atoms with Gasteiger partial charge in [0.15, 0.2) is 11.6 Å². The van der Waals surface area contributed by atoms with Gasteiger partial charge in [-0.15, -0.1) is 0 Å². The first kappa shape index (κ1) is 12.3. The standard InChI is InChI=1S/C11H15FN2O2/c1-13-11(15)14(2)7-8-4-5-10(16-3)9(12)6-8/h4-6H,7H2,1-3H3,(H,13,15). The normalized spacial score (nSPS) is 9.75. The topological polar surface area (TPSA) is 41.6 Å². The van der Waals surface area contributed by atoms with Crippen LogP contribution in [0.1, 0.15) is 5.56 Å². The molecule has 0 aliphatic carbocycles. The molecule has 0 aliphatic rings. The lowest BCUT2D eigenvalue weighted by Crippen LogP contribution is -2.34. The van der Waals surface area contributed by atoms with Crippen LogP contribution in [0.15, 0.2) is 18.2 Å². The zero-order valence-corrected chi connectivity index (χ0v) is 9.58. The van der Waals surface area contributed by atoms with E-state index < -0.39 is 5.82 Å². The van der Waals surface area contributed by atoms with E-state index in [2.05, 4.69) is 5.32 Å². The summed E-state index contributed by atoms with van der Waals surface area (Å²) >= 11 is 0. The molecule has 4 nitrogen and oxygen atoms in total. The van der Waals surface area contributed by atoms with Crippen LogP contribution in [0.5, 0.6) is 5.75 Å². The third kappa shape index (κ3) is 2.85. The number of carbonyl (C=O) groups is 1. The van der Waals surface area contributed by atoms with E-state index in [9.17, 15) is 9.18 Å². The van der Waals surface area contributed by atoms with Gasteiger partial charge in [0.25, 0.3) is 0 Å². The molecule has 1 aromatic carbocycles. The average Bonchev–Trinajstić information content (AvgIpc) is 2.28. The third-order valence-corrected chi connectivity index (χ3v) is 2.20. The minimum absolute atomic E-state index is 0.200. The van der Waals surface area contributed by atoms with Gasteiger partial charge in [-0.25, -0.2) is 9.18 Å². The Hall–Kier alpha value is -1.78. The van der Waals surface area contributed by atoms with Gasteiger partial charge < -0.3 is 15.0 Å². The zero-order valence-electron chi connectivity index (χ0n) is 9.58. The number of carbonyl (C=O) groups excluding carboxylic acids is 1. The molecule has 0 heterocycles. The lowest BCUT2D eigenvalue weighted by Gasteiger charge is -2.16. The number of hydrogen-bond acceptors (Lipinski definition) is 2. The lowest BCUT2D eigenvalue weighted by atomic mass is 10.2. The second kappa shape index (κ2) is 5.34. The van der Waals surface area contributed by atoms with E-state index in [1.165, 1.54) is 18.1 Å². The van der Waals surface area contributed by atoms with E-state index in [0.717, 1.165) is 0 Å². The van der Waals surface area contributed by atoms with E-state index in [1.807, 2.05) is 0 Å². The van der Waals surface area contributed by atoms with Crippen LogP contribution in [-0.2, 0) is 6.54 Å². The molecule has 0 spiro atoms. The van der Waals surface area contributed by atoms with Crippen molar-refractivity contribution in [3.8, 4) is 5.75 Å².